The van der Waals surface area contributed by atoms with Gasteiger partial charge in [-0.1, -0.05) is 53.4 Å². The summed E-state index contributed by atoms with van der Waals surface area (Å²) in [4.78, 5) is 51.2. The van der Waals surface area contributed by atoms with Crippen LogP contribution in [0.1, 0.15) is 42.5 Å². The van der Waals surface area contributed by atoms with Gasteiger partial charge in [-0.2, -0.15) is 0 Å². The topological polar surface area (TPSA) is 169 Å². The number of thioether (sulfide) groups is 2. The van der Waals surface area contributed by atoms with Gasteiger partial charge in [-0.25, -0.2) is 0 Å². The first kappa shape index (κ1) is 31.9. The highest BCUT2D eigenvalue weighted by Gasteiger charge is 2.16. The molecule has 0 spiro atoms. The third-order valence-electron chi connectivity index (χ3n) is 5.61. The Hall–Kier alpha value is -2.32. The Morgan fingerprint density at radius 2 is 1.82 bits per heavy atom. The molecule has 10 nitrogen and oxygen atoms in total. The van der Waals surface area contributed by atoms with Gasteiger partial charge >= 0.3 is 4.87 Å². The summed E-state index contributed by atoms with van der Waals surface area (Å²) in [5.41, 5.74) is 11.7. The third kappa shape index (κ3) is 12.0. The number of likely N-dealkylation sites (N-methyl/N-ethyl adjacent to an activating group) is 1. The van der Waals surface area contributed by atoms with E-state index >= 15 is 0 Å². The largest absolute Gasteiger partial charge is 0.494 e. The fourth-order valence-corrected chi connectivity index (χ4v) is 6.13. The van der Waals surface area contributed by atoms with E-state index in [4.69, 9.17) is 16.2 Å². The first-order valence-electron chi connectivity index (χ1n) is 12.3. The summed E-state index contributed by atoms with van der Waals surface area (Å²) in [6.07, 6.45) is 3.83. The second kappa shape index (κ2) is 17.3. The summed E-state index contributed by atoms with van der Waals surface area (Å²) in [7, 11) is 1.74. The summed E-state index contributed by atoms with van der Waals surface area (Å²) in [6, 6.07) is 7.38. The van der Waals surface area contributed by atoms with Gasteiger partial charge in [0.15, 0.2) is 0 Å². The first-order chi connectivity index (χ1) is 18.2. The second-order valence-electron chi connectivity index (χ2n) is 8.55. The quantitative estimate of drug-likeness (QED) is 0.202. The number of nitrogens with two attached hydrogens (primary N) is 2. The molecule has 1 unspecified atom stereocenters. The van der Waals surface area contributed by atoms with E-state index in [1.165, 1.54) is 23.5 Å². The van der Waals surface area contributed by atoms with Crippen LogP contribution in [0, 0.1) is 0 Å². The van der Waals surface area contributed by atoms with Crippen LogP contribution in [0.25, 0.3) is 0 Å². The van der Waals surface area contributed by atoms with E-state index in [-0.39, 0.29) is 45.2 Å². The maximum atomic E-state index is 12.5. The van der Waals surface area contributed by atoms with Crippen LogP contribution < -0.4 is 21.1 Å². The van der Waals surface area contributed by atoms with Gasteiger partial charge in [-0.3, -0.25) is 24.2 Å². The van der Waals surface area contributed by atoms with Gasteiger partial charge in [0.1, 0.15) is 12.4 Å². The van der Waals surface area contributed by atoms with Crippen molar-refractivity contribution >= 4 is 51.0 Å². The van der Waals surface area contributed by atoms with E-state index in [9.17, 15) is 24.3 Å². The maximum Gasteiger partial charge on any atom is 0.307 e. The number of hydrogen-bond acceptors (Lipinski definition) is 11. The van der Waals surface area contributed by atoms with Crippen molar-refractivity contribution in [3.8, 4) is 11.6 Å². The number of rotatable bonds is 17. The normalized spacial score (nSPS) is 11.8. The number of amides is 1. The number of thiazole rings is 1. The molecule has 1 aromatic carbocycles. The Morgan fingerprint density at radius 3 is 2.45 bits per heavy atom. The lowest BCUT2D eigenvalue weighted by Gasteiger charge is -2.18. The van der Waals surface area contributed by atoms with Gasteiger partial charge in [0, 0.05) is 30.9 Å². The molecule has 1 aromatic heterocycles. The summed E-state index contributed by atoms with van der Waals surface area (Å²) in [5.74, 6) is 1.21. The number of carbonyl (C=O) groups excluding carboxylic acids is 3. The van der Waals surface area contributed by atoms with Crippen LogP contribution in [-0.4, -0.2) is 75.4 Å². The summed E-state index contributed by atoms with van der Waals surface area (Å²) < 4.78 is 5.75. The molecule has 1 atom stereocenters. The molecule has 0 fully saturated rings. The van der Waals surface area contributed by atoms with Crippen LogP contribution in [-0.2, 0) is 20.8 Å². The average Bonchev–Trinajstić information content (AvgIpc) is 3.22. The van der Waals surface area contributed by atoms with Gasteiger partial charge in [0.05, 0.1) is 24.5 Å². The number of aromatic nitrogens is 1. The molecule has 0 aliphatic carbocycles. The SMILES string of the molecule is CN(CCOc1ccc(Cc2sc(=O)[nH]c2O)cc1)C(=O)CCCCC(CCSC(=O)CN)SC(=O)CN. The Labute approximate surface area is 234 Å². The Balaban J connectivity index is 1.66. The number of nitrogens with one attached hydrogen (secondary N) is 1. The lowest BCUT2D eigenvalue weighted by molar-refractivity contribution is -0.130. The van der Waals surface area contributed by atoms with Crippen molar-refractivity contribution in [3.63, 3.8) is 0 Å². The van der Waals surface area contributed by atoms with Gasteiger partial charge in [0.25, 0.3) is 0 Å². The maximum absolute atomic E-state index is 12.5. The smallest absolute Gasteiger partial charge is 0.307 e. The van der Waals surface area contributed by atoms with E-state index < -0.39 is 0 Å². The number of hydrogen-bond donors (Lipinski definition) is 4. The zero-order valence-corrected chi connectivity index (χ0v) is 23.9. The molecule has 0 aliphatic rings. The summed E-state index contributed by atoms with van der Waals surface area (Å²) in [5, 5.41) is 9.64. The van der Waals surface area contributed by atoms with Crippen LogP contribution >= 0.6 is 34.9 Å². The predicted molar refractivity (Wildman–Crippen MR) is 154 cm³/mol. The van der Waals surface area contributed by atoms with E-state index in [0.717, 1.165) is 29.7 Å². The zero-order valence-electron chi connectivity index (χ0n) is 21.5. The number of aromatic hydroxyl groups is 1. The van der Waals surface area contributed by atoms with Crippen LogP contribution in [0.4, 0.5) is 0 Å². The van der Waals surface area contributed by atoms with E-state index in [1.807, 2.05) is 24.3 Å². The lowest BCUT2D eigenvalue weighted by atomic mass is 10.1. The molecule has 0 radical (unpaired) electrons. The summed E-state index contributed by atoms with van der Waals surface area (Å²) >= 11 is 3.39. The molecule has 13 heteroatoms. The lowest BCUT2D eigenvalue weighted by Crippen LogP contribution is -2.30. The van der Waals surface area contributed by atoms with Crippen molar-refractivity contribution in [2.75, 3.05) is 39.0 Å². The van der Waals surface area contributed by atoms with Gasteiger partial charge in [0.2, 0.25) is 22.0 Å². The van der Waals surface area contributed by atoms with Crippen molar-refractivity contribution in [1.29, 1.82) is 0 Å². The fourth-order valence-electron chi connectivity index (χ4n) is 3.48. The molecule has 2 rings (SSSR count). The van der Waals surface area contributed by atoms with Crippen molar-refractivity contribution in [1.82, 2.24) is 9.88 Å². The van der Waals surface area contributed by atoms with Crippen molar-refractivity contribution in [2.24, 2.45) is 11.5 Å². The molecule has 0 bridgehead atoms. The standard InChI is InChI=1S/C25H36N4O6S3/c1-29(11-12-35-18-8-6-17(7-9-18)14-20-24(33)28-25(34)38-20)21(30)5-3-2-4-19(37-23(32)16-27)10-13-36-22(31)15-26/h6-9,19,33H,2-5,10-16,26-27H2,1H3,(H,28,34). The number of benzene rings is 1. The number of aromatic amines is 1. The monoisotopic (exact) mass is 584 g/mol. The first-order valence-corrected chi connectivity index (χ1v) is 15.0. The van der Waals surface area contributed by atoms with Crippen molar-refractivity contribution in [2.45, 2.75) is 43.8 Å². The molecule has 0 saturated carbocycles. The average molecular weight is 585 g/mol. The molecule has 2 aromatic rings. The third-order valence-corrected chi connectivity index (χ3v) is 8.65. The Kier molecular flexibility index (Phi) is 14.5. The van der Waals surface area contributed by atoms with E-state index in [0.29, 0.717) is 55.2 Å². The minimum Gasteiger partial charge on any atom is -0.494 e. The Morgan fingerprint density at radius 1 is 1.11 bits per heavy atom. The van der Waals surface area contributed by atoms with Crippen LogP contribution in [0.3, 0.4) is 0 Å². The van der Waals surface area contributed by atoms with Gasteiger partial charge in [-0.15, -0.1) is 0 Å². The van der Waals surface area contributed by atoms with Crippen LogP contribution in [0.5, 0.6) is 11.6 Å². The second-order valence-corrected chi connectivity index (χ2v) is 12.1. The molecule has 1 heterocycles. The molecule has 210 valence electrons. The fraction of sp³-hybridized carbons (Fsp3) is 0.520. The molecule has 0 saturated heterocycles. The van der Waals surface area contributed by atoms with Gasteiger partial charge < -0.3 is 26.2 Å². The van der Waals surface area contributed by atoms with Crippen LogP contribution in [0.15, 0.2) is 29.1 Å². The molecule has 6 N–H and O–H groups in total. The molecule has 0 aliphatic heterocycles. The number of H-pyrrole nitrogens is 1. The number of ether oxygens (including phenoxy) is 1. The highest BCUT2D eigenvalue weighted by Crippen LogP contribution is 2.24. The summed E-state index contributed by atoms with van der Waals surface area (Å²) in [6.45, 7) is 0.777. The highest BCUT2D eigenvalue weighted by molar-refractivity contribution is 8.14. The Bertz CT molecular complexity index is 1090. The molecule has 1 amide bonds. The molecular weight excluding hydrogens is 548 g/mol. The number of nitrogens with zero attached hydrogens (tertiary/aromatic N) is 1. The molecular formula is C25H36N4O6S3. The highest BCUT2D eigenvalue weighted by atomic mass is 32.2. The van der Waals surface area contributed by atoms with Crippen LogP contribution in [0.2, 0.25) is 0 Å². The van der Waals surface area contributed by atoms with Gasteiger partial charge in [-0.05, 0) is 37.0 Å². The number of carbonyl (C=O) groups is 3. The minimum absolute atomic E-state index is 0.00328. The van der Waals surface area contributed by atoms with Crippen molar-refractivity contribution in [3.05, 3.63) is 44.4 Å². The van der Waals surface area contributed by atoms with Crippen molar-refractivity contribution < 1.29 is 24.2 Å². The van der Waals surface area contributed by atoms with E-state index in [1.54, 1.807) is 11.9 Å². The number of unbranched alkanes of at least 4 members (excludes halogenated alkanes) is 1. The van der Waals surface area contributed by atoms with E-state index in [2.05, 4.69) is 4.98 Å². The predicted octanol–water partition coefficient (Wildman–Crippen LogP) is 2.33. The zero-order chi connectivity index (χ0) is 27.9. The minimum atomic E-state index is -0.287. The molecule has 38 heavy (non-hydrogen) atoms.